The summed E-state index contributed by atoms with van der Waals surface area (Å²) in [6.07, 6.45) is 2.27. The van der Waals surface area contributed by atoms with Gasteiger partial charge < -0.3 is 20.7 Å². The number of rotatable bonds is 11. The zero-order valence-electron chi connectivity index (χ0n) is 22.1. The Bertz CT molecular complexity index is 1170. The molecule has 4 rings (SSSR count). The summed E-state index contributed by atoms with van der Waals surface area (Å²) >= 11 is 0. The second-order valence-corrected chi connectivity index (χ2v) is 9.70. The fourth-order valence-electron chi connectivity index (χ4n) is 5.13. The highest BCUT2D eigenvalue weighted by atomic mass is 16.5. The lowest BCUT2D eigenvalue weighted by atomic mass is 9.93. The number of nitrogens with two attached hydrogens (primary N) is 1. The molecular formula is C31H38N4O3. The summed E-state index contributed by atoms with van der Waals surface area (Å²) in [5, 5.41) is 2.93. The molecule has 2 amide bonds. The van der Waals surface area contributed by atoms with Crippen LogP contribution in [0.15, 0.2) is 84.9 Å². The number of benzene rings is 3. The van der Waals surface area contributed by atoms with Crippen molar-refractivity contribution < 1.29 is 14.3 Å². The lowest BCUT2D eigenvalue weighted by Gasteiger charge is -2.43. The van der Waals surface area contributed by atoms with Gasteiger partial charge in [-0.15, -0.1) is 0 Å². The third-order valence-corrected chi connectivity index (χ3v) is 7.17. The van der Waals surface area contributed by atoms with Crippen LogP contribution < -0.4 is 15.8 Å². The van der Waals surface area contributed by atoms with Crippen molar-refractivity contribution in [3.05, 3.63) is 102 Å². The molecular weight excluding hydrogens is 476 g/mol. The molecule has 0 saturated carbocycles. The molecule has 0 aliphatic carbocycles. The second kappa shape index (κ2) is 13.7. The van der Waals surface area contributed by atoms with E-state index in [2.05, 4.69) is 58.7 Å². The number of likely N-dealkylation sites (tertiary alicyclic amines) is 1. The number of hydrogen-bond donors (Lipinski definition) is 2. The molecule has 0 aromatic heterocycles. The quantitative estimate of drug-likeness (QED) is 0.409. The lowest BCUT2D eigenvalue weighted by molar-refractivity contribution is -0.127. The zero-order chi connectivity index (χ0) is 26.7. The number of nitrogens with one attached hydrogen (secondary N) is 1. The fourth-order valence-corrected chi connectivity index (χ4v) is 5.13. The molecule has 7 nitrogen and oxygen atoms in total. The number of amides is 2. The number of ether oxygens (including phenoxy) is 1. The topological polar surface area (TPSA) is 87.9 Å². The maximum absolute atomic E-state index is 13.6. The molecule has 3 aromatic carbocycles. The summed E-state index contributed by atoms with van der Waals surface area (Å²) in [5.41, 5.74) is 8.70. The smallest absolute Gasteiger partial charge is 0.254 e. The molecule has 0 spiro atoms. The molecule has 0 radical (unpaired) electrons. The van der Waals surface area contributed by atoms with Gasteiger partial charge in [-0.2, -0.15) is 0 Å². The van der Waals surface area contributed by atoms with Crippen molar-refractivity contribution in [1.82, 2.24) is 15.1 Å². The van der Waals surface area contributed by atoms with Gasteiger partial charge >= 0.3 is 0 Å². The Balaban J connectivity index is 1.56. The first kappa shape index (κ1) is 27.4. The van der Waals surface area contributed by atoms with Crippen LogP contribution >= 0.6 is 0 Å². The van der Waals surface area contributed by atoms with E-state index in [-0.39, 0.29) is 17.9 Å². The number of carbonyl (C=O) groups excluding carboxylic acids is 2. The van der Waals surface area contributed by atoms with E-state index in [9.17, 15) is 9.59 Å². The SMILES string of the molecule is COc1cccc(C(=O)N2CCC(N(CCc3ccccc3)Cc3ccccc3)C[C@@H]2C(=O)NCCN)c1. The molecule has 7 heteroatoms. The van der Waals surface area contributed by atoms with Crippen LogP contribution in [-0.2, 0) is 17.8 Å². The van der Waals surface area contributed by atoms with Gasteiger partial charge in [0.1, 0.15) is 11.8 Å². The maximum Gasteiger partial charge on any atom is 0.254 e. The van der Waals surface area contributed by atoms with Crippen LogP contribution in [0.1, 0.15) is 34.3 Å². The first-order valence-electron chi connectivity index (χ1n) is 13.3. The average Bonchev–Trinajstić information content (AvgIpc) is 2.98. The van der Waals surface area contributed by atoms with Gasteiger partial charge in [-0.05, 0) is 48.6 Å². The van der Waals surface area contributed by atoms with Crippen LogP contribution in [0.4, 0.5) is 0 Å². The number of nitrogens with zero attached hydrogens (tertiary/aromatic N) is 2. The van der Waals surface area contributed by atoms with Gasteiger partial charge in [0.15, 0.2) is 0 Å². The van der Waals surface area contributed by atoms with Gasteiger partial charge in [-0.1, -0.05) is 66.7 Å². The van der Waals surface area contributed by atoms with Crippen LogP contribution in [0.3, 0.4) is 0 Å². The van der Waals surface area contributed by atoms with Crippen LogP contribution in [0.25, 0.3) is 0 Å². The molecule has 3 aromatic rings. The van der Waals surface area contributed by atoms with Crippen molar-refractivity contribution in [2.45, 2.75) is 37.9 Å². The number of methoxy groups -OCH3 is 1. The summed E-state index contributed by atoms with van der Waals surface area (Å²) in [6.45, 7) is 2.88. The fraction of sp³-hybridized carbons (Fsp3) is 0.355. The molecule has 1 unspecified atom stereocenters. The third-order valence-electron chi connectivity index (χ3n) is 7.17. The van der Waals surface area contributed by atoms with Crippen molar-refractivity contribution in [1.29, 1.82) is 0 Å². The predicted molar refractivity (Wildman–Crippen MR) is 150 cm³/mol. The summed E-state index contributed by atoms with van der Waals surface area (Å²) < 4.78 is 5.32. The first-order valence-corrected chi connectivity index (χ1v) is 13.3. The molecule has 1 saturated heterocycles. The van der Waals surface area contributed by atoms with Crippen LogP contribution in [0.5, 0.6) is 5.75 Å². The highest BCUT2D eigenvalue weighted by Crippen LogP contribution is 2.27. The Morgan fingerprint density at radius 1 is 1.00 bits per heavy atom. The largest absolute Gasteiger partial charge is 0.497 e. The second-order valence-electron chi connectivity index (χ2n) is 9.70. The molecule has 2 atom stereocenters. The summed E-state index contributed by atoms with van der Waals surface area (Å²) in [6, 6.07) is 27.6. The van der Waals surface area contributed by atoms with Crippen molar-refractivity contribution in [3.63, 3.8) is 0 Å². The van der Waals surface area contributed by atoms with Gasteiger partial charge in [0, 0.05) is 44.3 Å². The van der Waals surface area contributed by atoms with Gasteiger partial charge in [0.05, 0.1) is 7.11 Å². The summed E-state index contributed by atoms with van der Waals surface area (Å²) in [4.78, 5) is 31.1. The van der Waals surface area contributed by atoms with E-state index in [1.807, 2.05) is 18.2 Å². The molecule has 1 aliphatic rings. The summed E-state index contributed by atoms with van der Waals surface area (Å²) in [5.74, 6) is 0.304. The number of hydrogen-bond acceptors (Lipinski definition) is 5. The Kier molecular flexibility index (Phi) is 9.90. The van der Waals surface area contributed by atoms with E-state index < -0.39 is 6.04 Å². The lowest BCUT2D eigenvalue weighted by Crippen LogP contribution is -2.57. The number of carbonyl (C=O) groups is 2. The highest BCUT2D eigenvalue weighted by molar-refractivity contribution is 5.98. The van der Waals surface area contributed by atoms with Gasteiger partial charge in [-0.25, -0.2) is 0 Å². The van der Waals surface area contributed by atoms with E-state index in [4.69, 9.17) is 10.5 Å². The minimum absolute atomic E-state index is 0.154. The van der Waals surface area contributed by atoms with Crippen molar-refractivity contribution >= 4 is 11.8 Å². The highest BCUT2D eigenvalue weighted by Gasteiger charge is 2.38. The van der Waals surface area contributed by atoms with E-state index in [0.29, 0.717) is 37.4 Å². The van der Waals surface area contributed by atoms with E-state index in [0.717, 1.165) is 25.9 Å². The maximum atomic E-state index is 13.6. The van der Waals surface area contributed by atoms with Gasteiger partial charge in [0.2, 0.25) is 5.91 Å². The van der Waals surface area contributed by atoms with E-state index >= 15 is 0 Å². The molecule has 38 heavy (non-hydrogen) atoms. The molecule has 1 heterocycles. The van der Waals surface area contributed by atoms with Crippen molar-refractivity contribution in [2.24, 2.45) is 5.73 Å². The van der Waals surface area contributed by atoms with Gasteiger partial charge in [-0.3, -0.25) is 14.5 Å². The molecule has 0 bridgehead atoms. The minimum Gasteiger partial charge on any atom is -0.497 e. The predicted octanol–water partition coefficient (Wildman–Crippen LogP) is 3.49. The Hall–Kier alpha value is -3.68. The van der Waals surface area contributed by atoms with Crippen LogP contribution in [0, 0.1) is 0 Å². The Morgan fingerprint density at radius 2 is 1.71 bits per heavy atom. The number of piperidine rings is 1. The first-order chi connectivity index (χ1) is 18.6. The normalized spacial score (nSPS) is 17.3. The molecule has 1 aliphatic heterocycles. The molecule has 200 valence electrons. The van der Waals surface area contributed by atoms with Gasteiger partial charge in [0.25, 0.3) is 5.91 Å². The Labute approximate surface area is 225 Å². The monoisotopic (exact) mass is 514 g/mol. The van der Waals surface area contributed by atoms with Crippen LogP contribution in [0.2, 0.25) is 0 Å². The van der Waals surface area contributed by atoms with E-state index in [1.165, 1.54) is 11.1 Å². The average molecular weight is 515 g/mol. The van der Waals surface area contributed by atoms with Crippen molar-refractivity contribution in [3.8, 4) is 5.75 Å². The van der Waals surface area contributed by atoms with E-state index in [1.54, 1.807) is 30.2 Å². The summed E-state index contributed by atoms with van der Waals surface area (Å²) in [7, 11) is 1.58. The third kappa shape index (κ3) is 7.21. The zero-order valence-corrected chi connectivity index (χ0v) is 22.1. The minimum atomic E-state index is -0.575. The van der Waals surface area contributed by atoms with Crippen LogP contribution in [-0.4, -0.2) is 67.0 Å². The Morgan fingerprint density at radius 3 is 2.39 bits per heavy atom. The standard InChI is InChI=1S/C31H38N4O3/c1-38-28-14-8-13-26(21-28)31(37)35-20-16-27(22-29(35)30(36)33-18-17-32)34(23-25-11-6-3-7-12-25)19-15-24-9-4-2-5-10-24/h2-14,21,27,29H,15-20,22-23,32H2,1H3,(H,33,36)/t27?,29-/m1/s1. The molecule has 3 N–H and O–H groups in total. The molecule has 1 fully saturated rings. The van der Waals surface area contributed by atoms with Crippen molar-refractivity contribution in [2.75, 3.05) is 33.3 Å².